The van der Waals surface area contributed by atoms with Crippen LogP contribution in [0.3, 0.4) is 0 Å². The van der Waals surface area contributed by atoms with E-state index in [0.29, 0.717) is 11.4 Å². The topological polar surface area (TPSA) is 70.8 Å². The lowest BCUT2D eigenvalue weighted by molar-refractivity contribution is -0.273. The average molecular weight is 287 g/mol. The van der Waals surface area contributed by atoms with Gasteiger partial charge in [0.1, 0.15) is 5.15 Å². The molecule has 0 aliphatic carbocycles. The van der Waals surface area contributed by atoms with Gasteiger partial charge in [0.15, 0.2) is 0 Å². The van der Waals surface area contributed by atoms with Crippen LogP contribution in [0.1, 0.15) is 5.69 Å². The number of hydrogen-bond acceptors (Lipinski definition) is 4. The van der Waals surface area contributed by atoms with Crippen molar-refractivity contribution in [3.63, 3.8) is 0 Å². The summed E-state index contributed by atoms with van der Waals surface area (Å²) in [6.07, 6.45) is 0. The zero-order valence-corrected chi connectivity index (χ0v) is 11.3. The minimum atomic E-state index is -0.569. The summed E-state index contributed by atoms with van der Waals surface area (Å²) in [5, 5.41) is 16.1. The van der Waals surface area contributed by atoms with Gasteiger partial charge in [-0.05, 0) is 25.1 Å². The number of rotatable bonds is 1. The van der Waals surface area contributed by atoms with Gasteiger partial charge in [0.25, 0.3) is 5.56 Å². The molecule has 6 heteroatoms. The zero-order chi connectivity index (χ0) is 14.3. The first-order chi connectivity index (χ1) is 9.58. The summed E-state index contributed by atoms with van der Waals surface area (Å²) in [5.41, 5.74) is 0.713. The Morgan fingerprint density at radius 3 is 2.65 bits per heavy atom. The van der Waals surface area contributed by atoms with E-state index < -0.39 is 11.4 Å². The van der Waals surface area contributed by atoms with Crippen LogP contribution in [-0.4, -0.2) is 14.8 Å². The molecule has 0 N–H and O–H groups in total. The second-order valence-corrected chi connectivity index (χ2v) is 4.69. The van der Waals surface area contributed by atoms with Gasteiger partial charge in [0.05, 0.1) is 11.1 Å². The van der Waals surface area contributed by atoms with Crippen molar-refractivity contribution < 1.29 is 5.11 Å². The molecule has 0 saturated heterocycles. The van der Waals surface area contributed by atoms with Crippen LogP contribution in [0.2, 0.25) is 5.15 Å². The van der Waals surface area contributed by atoms with Crippen molar-refractivity contribution >= 4 is 22.4 Å². The first-order valence-electron chi connectivity index (χ1n) is 5.90. The van der Waals surface area contributed by atoms with Crippen molar-refractivity contribution in [3.05, 3.63) is 57.6 Å². The van der Waals surface area contributed by atoms with Crippen LogP contribution in [0, 0.1) is 6.92 Å². The van der Waals surface area contributed by atoms with E-state index in [4.69, 9.17) is 11.6 Å². The summed E-state index contributed by atoms with van der Waals surface area (Å²) in [6.45, 7) is 1.71. The van der Waals surface area contributed by atoms with Gasteiger partial charge < -0.3 is 5.11 Å². The molecule has 100 valence electrons. The average Bonchev–Trinajstić information content (AvgIpc) is 2.43. The minimum Gasteiger partial charge on any atom is -0.857 e. The van der Waals surface area contributed by atoms with Crippen molar-refractivity contribution in [1.29, 1.82) is 0 Å². The molecule has 0 amide bonds. The van der Waals surface area contributed by atoms with Gasteiger partial charge in [-0.1, -0.05) is 29.8 Å². The van der Waals surface area contributed by atoms with Crippen LogP contribution in [0.5, 0.6) is 5.88 Å². The molecule has 0 bridgehead atoms. The molecule has 3 rings (SSSR count). The molecular weight excluding hydrogens is 278 g/mol. The number of para-hydroxylation sites is 1. The van der Waals surface area contributed by atoms with Crippen LogP contribution < -0.4 is 10.7 Å². The Labute approximate surface area is 119 Å². The molecule has 0 atom stereocenters. The van der Waals surface area contributed by atoms with Crippen LogP contribution in [0.15, 0.2) is 41.2 Å². The van der Waals surface area contributed by atoms with Crippen molar-refractivity contribution in [2.75, 3.05) is 0 Å². The standard InChI is InChI=1S/C14H10ClN3O2/c1-8-7-10-11(12(15)16-8)13(19)17-18(14(10)20)9-5-3-2-4-6-9/h2-7H,1H3,(H,17,19)/p-1. The third-order valence-corrected chi connectivity index (χ3v) is 3.21. The maximum atomic E-state index is 12.5. The molecule has 2 heterocycles. The number of benzene rings is 1. The summed E-state index contributed by atoms with van der Waals surface area (Å²) < 4.78 is 1.08. The fourth-order valence-electron chi connectivity index (χ4n) is 2.05. The van der Waals surface area contributed by atoms with Gasteiger partial charge in [-0.2, -0.15) is 9.78 Å². The van der Waals surface area contributed by atoms with Crippen molar-refractivity contribution in [2.24, 2.45) is 0 Å². The van der Waals surface area contributed by atoms with Gasteiger partial charge in [0, 0.05) is 17.0 Å². The monoisotopic (exact) mass is 286 g/mol. The Balaban J connectivity index is 2.44. The highest BCUT2D eigenvalue weighted by atomic mass is 35.5. The smallest absolute Gasteiger partial charge is 0.279 e. The zero-order valence-electron chi connectivity index (χ0n) is 10.5. The number of nitrogens with zero attached hydrogens (tertiary/aromatic N) is 3. The summed E-state index contributed by atoms with van der Waals surface area (Å²) >= 11 is 5.94. The molecule has 3 aromatic rings. The molecule has 0 spiro atoms. The van der Waals surface area contributed by atoms with Gasteiger partial charge in [-0.25, -0.2) is 4.98 Å². The fourth-order valence-corrected chi connectivity index (χ4v) is 2.37. The van der Waals surface area contributed by atoms with Gasteiger partial charge >= 0.3 is 0 Å². The molecule has 20 heavy (non-hydrogen) atoms. The number of aryl methyl sites for hydroxylation is 1. The highest BCUT2D eigenvalue weighted by Crippen LogP contribution is 2.25. The maximum Gasteiger partial charge on any atom is 0.279 e. The Kier molecular flexibility index (Phi) is 2.91. The highest BCUT2D eigenvalue weighted by Gasteiger charge is 2.11. The van der Waals surface area contributed by atoms with E-state index >= 15 is 0 Å². The normalized spacial score (nSPS) is 10.9. The summed E-state index contributed by atoms with van der Waals surface area (Å²) in [6, 6.07) is 10.3. The van der Waals surface area contributed by atoms with Crippen molar-refractivity contribution in [3.8, 4) is 11.6 Å². The first kappa shape index (κ1) is 12.6. The van der Waals surface area contributed by atoms with E-state index in [2.05, 4.69) is 10.1 Å². The molecule has 0 radical (unpaired) electrons. The van der Waals surface area contributed by atoms with Gasteiger partial charge in [-0.15, -0.1) is 0 Å². The maximum absolute atomic E-state index is 12.5. The molecular formula is C14H9ClN3O2-. The molecule has 0 aliphatic heterocycles. The van der Waals surface area contributed by atoms with E-state index in [1.54, 1.807) is 37.3 Å². The SMILES string of the molecule is Cc1cc2c(=O)n(-c3ccccc3)nc([O-])c2c(Cl)n1. The Morgan fingerprint density at radius 1 is 1.25 bits per heavy atom. The molecule has 0 unspecified atom stereocenters. The number of aromatic nitrogens is 3. The number of fused-ring (bicyclic) bond motifs is 1. The van der Waals surface area contributed by atoms with Gasteiger partial charge in [-0.3, -0.25) is 4.79 Å². The number of hydrogen-bond donors (Lipinski definition) is 0. The first-order valence-corrected chi connectivity index (χ1v) is 6.28. The molecule has 1 aromatic carbocycles. The molecule has 0 saturated carbocycles. The second-order valence-electron chi connectivity index (χ2n) is 4.33. The van der Waals surface area contributed by atoms with Gasteiger partial charge in [0.2, 0.25) is 0 Å². The quantitative estimate of drug-likeness (QED) is 0.640. The molecule has 0 aliphatic rings. The summed E-state index contributed by atoms with van der Waals surface area (Å²) in [7, 11) is 0. The van der Waals surface area contributed by atoms with E-state index in [9.17, 15) is 9.90 Å². The molecule has 5 nitrogen and oxygen atoms in total. The molecule has 0 fully saturated rings. The lowest BCUT2D eigenvalue weighted by atomic mass is 10.2. The predicted molar refractivity (Wildman–Crippen MR) is 74.3 cm³/mol. The highest BCUT2D eigenvalue weighted by molar-refractivity contribution is 6.34. The third-order valence-electron chi connectivity index (χ3n) is 2.93. The summed E-state index contributed by atoms with van der Waals surface area (Å²) in [4.78, 5) is 16.4. The second kappa shape index (κ2) is 4.61. The Morgan fingerprint density at radius 2 is 1.95 bits per heavy atom. The fraction of sp³-hybridized carbons (Fsp3) is 0.0714. The van der Waals surface area contributed by atoms with E-state index in [1.807, 2.05) is 6.07 Å². The third kappa shape index (κ3) is 1.92. The van der Waals surface area contributed by atoms with Crippen LogP contribution in [-0.2, 0) is 0 Å². The predicted octanol–water partition coefficient (Wildman–Crippen LogP) is 1.82. The van der Waals surface area contributed by atoms with Crippen molar-refractivity contribution in [1.82, 2.24) is 14.8 Å². The van der Waals surface area contributed by atoms with Crippen LogP contribution >= 0.6 is 11.6 Å². The van der Waals surface area contributed by atoms with E-state index in [-0.39, 0.29) is 15.9 Å². The lowest BCUT2D eigenvalue weighted by Crippen LogP contribution is -2.23. The largest absolute Gasteiger partial charge is 0.857 e. The Bertz CT molecular complexity index is 860. The summed E-state index contributed by atoms with van der Waals surface area (Å²) in [5.74, 6) is -0.569. The molecule has 2 aromatic heterocycles. The minimum absolute atomic E-state index is 0.00908. The van der Waals surface area contributed by atoms with E-state index in [0.717, 1.165) is 4.68 Å². The number of pyridine rings is 1. The van der Waals surface area contributed by atoms with Crippen molar-refractivity contribution in [2.45, 2.75) is 6.92 Å². The van der Waals surface area contributed by atoms with E-state index in [1.165, 1.54) is 0 Å². The van der Waals surface area contributed by atoms with Crippen LogP contribution in [0.4, 0.5) is 0 Å². The lowest BCUT2D eigenvalue weighted by Gasteiger charge is -2.14. The number of halogens is 1. The Hall–Kier alpha value is -2.40. The van der Waals surface area contributed by atoms with Crippen LogP contribution in [0.25, 0.3) is 16.5 Å².